The van der Waals surface area contributed by atoms with E-state index in [-0.39, 0.29) is 11.3 Å². The molecule has 0 atom stereocenters. The maximum Gasteiger partial charge on any atom is 0.420 e. The lowest BCUT2D eigenvalue weighted by atomic mass is 10.1. The maximum absolute atomic E-state index is 12.8. The number of rotatable bonds is 2. The van der Waals surface area contributed by atoms with Crippen LogP contribution in [0.2, 0.25) is 0 Å². The summed E-state index contributed by atoms with van der Waals surface area (Å²) in [6.07, 6.45) is -8.66. The first-order valence-corrected chi connectivity index (χ1v) is 5.78. The van der Waals surface area contributed by atoms with Crippen molar-refractivity contribution in [2.24, 2.45) is 0 Å². The Morgan fingerprint density at radius 3 is 2.25 bits per heavy atom. The van der Waals surface area contributed by atoms with Crippen molar-refractivity contribution >= 4 is 11.3 Å². The van der Waals surface area contributed by atoms with E-state index < -0.39 is 29.2 Å². The van der Waals surface area contributed by atoms with Crippen LogP contribution >= 0.6 is 11.3 Å². The van der Waals surface area contributed by atoms with E-state index in [1.54, 1.807) is 0 Å². The lowest BCUT2D eigenvalue weighted by Gasteiger charge is -2.15. The highest BCUT2D eigenvalue weighted by Crippen LogP contribution is 2.41. The van der Waals surface area contributed by atoms with Crippen LogP contribution in [-0.2, 0) is 12.4 Å². The Balaban J connectivity index is 2.46. The molecule has 1 radical (unpaired) electrons. The van der Waals surface area contributed by atoms with Gasteiger partial charge in [0, 0.05) is 0 Å². The number of thiazole rings is 1. The Bertz CT molecular complexity index is 590. The molecule has 9 heteroatoms. The zero-order valence-corrected chi connectivity index (χ0v) is 10.2. The van der Waals surface area contributed by atoms with Gasteiger partial charge in [0.15, 0.2) is 0 Å². The Labute approximate surface area is 112 Å². The third-order valence-corrected chi connectivity index (χ3v) is 2.77. The minimum absolute atomic E-state index is 0.00660. The number of alkyl halides is 6. The Hall–Kier alpha value is -1.77. The molecular formula is C11H4F6NOS. The highest BCUT2D eigenvalue weighted by atomic mass is 32.1. The maximum atomic E-state index is 12.8. The Morgan fingerprint density at radius 1 is 1.05 bits per heavy atom. The average Bonchev–Trinajstić information content (AvgIpc) is 2.79. The SMILES string of the molecule is FC(F)(F)c1ccc(Oc2nc[c]s2)c(C(F)(F)F)c1. The van der Waals surface area contributed by atoms with Crippen LogP contribution in [0, 0.1) is 5.38 Å². The summed E-state index contributed by atoms with van der Waals surface area (Å²) in [5, 5.41) is 2.34. The van der Waals surface area contributed by atoms with Crippen LogP contribution in [0.1, 0.15) is 11.1 Å². The molecule has 20 heavy (non-hydrogen) atoms. The summed E-state index contributed by atoms with van der Waals surface area (Å²) >= 11 is 0.799. The van der Waals surface area contributed by atoms with Crippen LogP contribution in [0.5, 0.6) is 10.9 Å². The molecule has 0 N–H and O–H groups in total. The second kappa shape index (κ2) is 4.97. The quantitative estimate of drug-likeness (QED) is 0.745. The standard InChI is InChI=1S/C11H4F6NOS/c12-10(13,14)6-1-2-8(7(5-6)11(15,16)17)19-9-18-3-4-20-9/h1-3,5H. The zero-order valence-electron chi connectivity index (χ0n) is 9.34. The number of hydrogen-bond donors (Lipinski definition) is 0. The average molecular weight is 312 g/mol. The van der Waals surface area contributed by atoms with Crippen molar-refractivity contribution in [1.29, 1.82) is 0 Å². The van der Waals surface area contributed by atoms with Crippen LogP contribution in [0.4, 0.5) is 26.3 Å². The minimum Gasteiger partial charge on any atom is -0.430 e. The molecule has 0 spiro atoms. The fourth-order valence-corrected chi connectivity index (χ4v) is 1.78. The van der Waals surface area contributed by atoms with Gasteiger partial charge in [-0.05, 0) is 18.2 Å². The van der Waals surface area contributed by atoms with Crippen LogP contribution in [0.25, 0.3) is 0 Å². The largest absolute Gasteiger partial charge is 0.430 e. The molecule has 0 saturated carbocycles. The van der Waals surface area contributed by atoms with Crippen molar-refractivity contribution in [1.82, 2.24) is 4.98 Å². The molecule has 0 saturated heterocycles. The third kappa shape index (κ3) is 3.21. The predicted octanol–water partition coefficient (Wildman–Crippen LogP) is 4.77. The summed E-state index contributed by atoms with van der Waals surface area (Å²) < 4.78 is 80.5. The summed E-state index contributed by atoms with van der Waals surface area (Å²) in [6.45, 7) is 0. The number of aromatic nitrogens is 1. The van der Waals surface area contributed by atoms with Gasteiger partial charge < -0.3 is 4.74 Å². The van der Waals surface area contributed by atoms with Crippen molar-refractivity contribution in [2.45, 2.75) is 12.4 Å². The van der Waals surface area contributed by atoms with E-state index in [2.05, 4.69) is 10.4 Å². The highest BCUT2D eigenvalue weighted by molar-refractivity contribution is 7.10. The summed E-state index contributed by atoms with van der Waals surface area (Å²) in [7, 11) is 0. The molecule has 1 aromatic heterocycles. The molecule has 0 aliphatic rings. The van der Waals surface area contributed by atoms with E-state index in [4.69, 9.17) is 4.74 Å². The first kappa shape index (κ1) is 14.6. The fourth-order valence-electron chi connectivity index (χ4n) is 1.34. The van der Waals surface area contributed by atoms with E-state index in [1.807, 2.05) is 0 Å². The van der Waals surface area contributed by atoms with Gasteiger partial charge in [0.05, 0.1) is 22.7 Å². The van der Waals surface area contributed by atoms with Crippen LogP contribution in [0.3, 0.4) is 0 Å². The highest BCUT2D eigenvalue weighted by Gasteiger charge is 2.39. The molecule has 2 rings (SSSR count). The molecule has 0 unspecified atom stereocenters. The van der Waals surface area contributed by atoms with Crippen molar-refractivity contribution < 1.29 is 31.1 Å². The zero-order chi connectivity index (χ0) is 15.0. The minimum atomic E-state index is -4.97. The summed E-state index contributed by atoms with van der Waals surface area (Å²) in [4.78, 5) is 3.56. The Kier molecular flexibility index (Phi) is 3.63. The van der Waals surface area contributed by atoms with E-state index in [0.29, 0.717) is 12.1 Å². The van der Waals surface area contributed by atoms with Crippen molar-refractivity contribution in [3.05, 3.63) is 40.9 Å². The molecule has 0 amide bonds. The van der Waals surface area contributed by atoms with Gasteiger partial charge in [-0.1, -0.05) is 11.3 Å². The number of halogens is 6. The van der Waals surface area contributed by atoms with E-state index >= 15 is 0 Å². The van der Waals surface area contributed by atoms with Crippen LogP contribution in [0.15, 0.2) is 24.4 Å². The first-order chi connectivity index (χ1) is 9.18. The second-order valence-corrected chi connectivity index (χ2v) is 4.34. The van der Waals surface area contributed by atoms with Gasteiger partial charge in [-0.15, -0.1) is 0 Å². The molecule has 107 valence electrons. The van der Waals surface area contributed by atoms with E-state index in [0.717, 1.165) is 11.3 Å². The molecule has 1 aromatic carbocycles. The monoisotopic (exact) mass is 312 g/mol. The fraction of sp³-hybridized carbons (Fsp3) is 0.182. The summed E-state index contributed by atoms with van der Waals surface area (Å²) in [5.74, 6) is -0.742. The molecule has 1 heterocycles. The normalized spacial score (nSPS) is 12.5. The number of nitrogens with zero attached hydrogens (tertiary/aromatic N) is 1. The predicted molar refractivity (Wildman–Crippen MR) is 57.5 cm³/mol. The third-order valence-electron chi connectivity index (χ3n) is 2.18. The first-order valence-electron chi connectivity index (χ1n) is 4.96. The van der Waals surface area contributed by atoms with Crippen molar-refractivity contribution in [2.75, 3.05) is 0 Å². The van der Waals surface area contributed by atoms with Crippen LogP contribution in [-0.4, -0.2) is 4.98 Å². The van der Waals surface area contributed by atoms with Gasteiger partial charge in [-0.2, -0.15) is 26.3 Å². The molecule has 0 bridgehead atoms. The van der Waals surface area contributed by atoms with Crippen molar-refractivity contribution in [3.8, 4) is 10.9 Å². The van der Waals surface area contributed by atoms with Crippen LogP contribution < -0.4 is 4.74 Å². The van der Waals surface area contributed by atoms with Gasteiger partial charge in [0.2, 0.25) is 0 Å². The molecule has 0 aliphatic heterocycles. The van der Waals surface area contributed by atoms with Gasteiger partial charge in [0.1, 0.15) is 5.75 Å². The molecule has 0 aliphatic carbocycles. The summed E-state index contributed by atoms with van der Waals surface area (Å²) in [6, 6.07) is 1.14. The van der Waals surface area contributed by atoms with Gasteiger partial charge in [-0.3, -0.25) is 0 Å². The Morgan fingerprint density at radius 2 is 1.75 bits per heavy atom. The van der Waals surface area contributed by atoms with Gasteiger partial charge in [-0.25, -0.2) is 4.98 Å². The topological polar surface area (TPSA) is 22.1 Å². The van der Waals surface area contributed by atoms with Gasteiger partial charge >= 0.3 is 12.4 Å². The molecule has 0 fully saturated rings. The van der Waals surface area contributed by atoms with Gasteiger partial charge in [0.25, 0.3) is 5.19 Å². The smallest absolute Gasteiger partial charge is 0.420 e. The van der Waals surface area contributed by atoms with E-state index in [1.165, 1.54) is 6.20 Å². The number of benzene rings is 1. The second-order valence-electron chi connectivity index (χ2n) is 3.55. The number of ether oxygens (including phenoxy) is 1. The molecular weight excluding hydrogens is 308 g/mol. The lowest BCUT2D eigenvalue weighted by Crippen LogP contribution is -2.11. The molecule has 2 aromatic rings. The van der Waals surface area contributed by atoms with Crippen molar-refractivity contribution in [3.63, 3.8) is 0 Å². The lowest BCUT2D eigenvalue weighted by molar-refractivity contribution is -0.143. The summed E-state index contributed by atoms with van der Waals surface area (Å²) in [5.41, 5.74) is -2.91. The molecule has 2 nitrogen and oxygen atoms in total. The van der Waals surface area contributed by atoms with E-state index in [9.17, 15) is 26.3 Å². The number of hydrogen-bond acceptors (Lipinski definition) is 3.